The number of carbonyl (C=O) groups is 1. The predicted molar refractivity (Wildman–Crippen MR) is 95.6 cm³/mol. The first-order valence-corrected chi connectivity index (χ1v) is 8.63. The highest BCUT2D eigenvalue weighted by atomic mass is 16.5. The normalized spacial score (nSPS) is 16.3. The zero-order valence-electron chi connectivity index (χ0n) is 15.1. The number of nitrogens with one attached hydrogen (secondary N) is 1. The minimum Gasteiger partial charge on any atom is -0.497 e. The largest absolute Gasteiger partial charge is 0.497 e. The summed E-state index contributed by atoms with van der Waals surface area (Å²) in [5.41, 5.74) is 1.86. The maximum absolute atomic E-state index is 12.0. The third-order valence-corrected chi connectivity index (χ3v) is 4.74. The Kier molecular flexibility index (Phi) is 5.55. The summed E-state index contributed by atoms with van der Waals surface area (Å²) in [5.74, 6) is 1.46. The van der Waals surface area contributed by atoms with Gasteiger partial charge in [-0.1, -0.05) is 0 Å². The van der Waals surface area contributed by atoms with E-state index in [9.17, 15) is 4.79 Å². The monoisotopic (exact) mass is 346 g/mol. The number of imidazole rings is 1. The minimum atomic E-state index is -0.108. The smallest absolute Gasteiger partial charge is 0.246 e. The maximum Gasteiger partial charge on any atom is 0.246 e. The van der Waals surface area contributed by atoms with Crippen LogP contribution in [-0.2, 0) is 23.1 Å². The number of benzene rings is 1. The number of aromatic nitrogens is 2. The van der Waals surface area contributed by atoms with Gasteiger partial charge >= 0.3 is 0 Å². The van der Waals surface area contributed by atoms with Crippen LogP contribution in [0.4, 0.5) is 0 Å². The molecule has 1 aliphatic rings. The molecule has 1 aromatic heterocycles. The van der Waals surface area contributed by atoms with E-state index in [1.165, 1.54) is 0 Å². The zero-order chi connectivity index (χ0) is 17.8. The number of carbonyl (C=O) groups excluding carboxylic acids is 1. The van der Waals surface area contributed by atoms with Gasteiger partial charge in [-0.25, -0.2) is 4.98 Å². The number of methoxy groups -OCH3 is 1. The third kappa shape index (κ3) is 4.29. The summed E-state index contributed by atoms with van der Waals surface area (Å²) in [7, 11) is 5.68. The van der Waals surface area contributed by atoms with Crippen LogP contribution in [0.1, 0.15) is 18.7 Å². The molecule has 0 bridgehead atoms. The number of ether oxygens (including phenoxy) is 2. The molecule has 0 spiro atoms. The summed E-state index contributed by atoms with van der Waals surface area (Å²) in [6, 6.07) is 5.77. The molecule has 1 amide bonds. The summed E-state index contributed by atoms with van der Waals surface area (Å²) in [5, 5.41) is 2.89. The highest BCUT2D eigenvalue weighted by Gasteiger charge is 2.18. The molecule has 2 aromatic rings. The topological polar surface area (TPSA) is 68.6 Å². The molecule has 25 heavy (non-hydrogen) atoms. The van der Waals surface area contributed by atoms with Crippen molar-refractivity contribution in [3.8, 4) is 5.75 Å². The molecule has 136 valence electrons. The van der Waals surface area contributed by atoms with Gasteiger partial charge in [-0.15, -0.1) is 0 Å². The zero-order valence-corrected chi connectivity index (χ0v) is 15.1. The second-order valence-electron chi connectivity index (χ2n) is 6.53. The molecule has 0 unspecified atom stereocenters. The molecule has 0 atom stereocenters. The molecule has 1 aliphatic heterocycles. The Morgan fingerprint density at radius 3 is 2.80 bits per heavy atom. The van der Waals surface area contributed by atoms with E-state index >= 15 is 0 Å². The van der Waals surface area contributed by atoms with Crippen molar-refractivity contribution in [1.82, 2.24) is 19.8 Å². The van der Waals surface area contributed by atoms with Gasteiger partial charge in [-0.3, -0.25) is 4.79 Å². The van der Waals surface area contributed by atoms with E-state index in [4.69, 9.17) is 9.47 Å². The van der Waals surface area contributed by atoms with E-state index in [1.807, 2.05) is 29.8 Å². The SMILES string of the molecule is COc1ccc2c(c1)nc(CNC(=O)COC1CCN(C)CC1)n2C. The van der Waals surface area contributed by atoms with E-state index in [1.54, 1.807) is 7.11 Å². The summed E-state index contributed by atoms with van der Waals surface area (Å²) >= 11 is 0. The van der Waals surface area contributed by atoms with Crippen LogP contribution < -0.4 is 10.1 Å². The molecule has 7 heteroatoms. The van der Waals surface area contributed by atoms with Gasteiger partial charge in [-0.2, -0.15) is 0 Å². The van der Waals surface area contributed by atoms with Crippen molar-refractivity contribution >= 4 is 16.9 Å². The number of nitrogens with zero attached hydrogens (tertiary/aromatic N) is 3. The van der Waals surface area contributed by atoms with Gasteiger partial charge < -0.3 is 24.3 Å². The average Bonchev–Trinajstić information content (AvgIpc) is 2.94. The summed E-state index contributed by atoms with van der Waals surface area (Å²) in [4.78, 5) is 18.9. The number of hydrogen-bond acceptors (Lipinski definition) is 5. The first-order chi connectivity index (χ1) is 12.1. The number of rotatable bonds is 6. The second kappa shape index (κ2) is 7.84. The van der Waals surface area contributed by atoms with E-state index in [0.29, 0.717) is 6.54 Å². The number of likely N-dealkylation sites (tertiary alicyclic amines) is 1. The lowest BCUT2D eigenvalue weighted by Crippen LogP contribution is -2.36. The van der Waals surface area contributed by atoms with Crippen molar-refractivity contribution in [2.45, 2.75) is 25.5 Å². The van der Waals surface area contributed by atoms with Crippen molar-refractivity contribution in [2.75, 3.05) is 33.9 Å². The van der Waals surface area contributed by atoms with Gasteiger partial charge in [0, 0.05) is 26.2 Å². The van der Waals surface area contributed by atoms with Crippen LogP contribution >= 0.6 is 0 Å². The molecule has 0 saturated carbocycles. The highest BCUT2D eigenvalue weighted by molar-refractivity contribution is 5.79. The Balaban J connectivity index is 1.51. The van der Waals surface area contributed by atoms with Gasteiger partial charge in [0.1, 0.15) is 18.2 Å². The van der Waals surface area contributed by atoms with Crippen molar-refractivity contribution < 1.29 is 14.3 Å². The molecule has 7 nitrogen and oxygen atoms in total. The van der Waals surface area contributed by atoms with Gasteiger partial charge in [0.05, 0.1) is 30.8 Å². The summed E-state index contributed by atoms with van der Waals surface area (Å²) in [6.07, 6.45) is 2.15. The molecular formula is C18H26N4O3. The fourth-order valence-corrected chi connectivity index (χ4v) is 3.09. The van der Waals surface area contributed by atoms with Crippen molar-refractivity contribution in [2.24, 2.45) is 7.05 Å². The first kappa shape index (κ1) is 17.7. The first-order valence-electron chi connectivity index (χ1n) is 8.63. The molecule has 2 heterocycles. The standard InChI is InChI=1S/C18H26N4O3/c1-21-8-6-13(7-9-21)25-12-18(23)19-11-17-20-15-10-14(24-3)4-5-16(15)22(17)2/h4-5,10,13H,6-9,11-12H2,1-3H3,(H,19,23). The van der Waals surface area contributed by atoms with Crippen molar-refractivity contribution in [3.05, 3.63) is 24.0 Å². The lowest BCUT2D eigenvalue weighted by Gasteiger charge is -2.28. The molecule has 3 rings (SSSR count). The third-order valence-electron chi connectivity index (χ3n) is 4.74. The predicted octanol–water partition coefficient (Wildman–Crippen LogP) is 1.31. The van der Waals surface area contributed by atoms with Gasteiger partial charge in [0.25, 0.3) is 0 Å². The molecule has 0 radical (unpaired) electrons. The van der Waals surface area contributed by atoms with Crippen LogP contribution in [0.3, 0.4) is 0 Å². The van der Waals surface area contributed by atoms with E-state index in [-0.39, 0.29) is 18.6 Å². The minimum absolute atomic E-state index is 0.103. The lowest BCUT2D eigenvalue weighted by atomic mass is 10.1. The van der Waals surface area contributed by atoms with E-state index < -0.39 is 0 Å². The van der Waals surface area contributed by atoms with E-state index in [2.05, 4.69) is 22.2 Å². The van der Waals surface area contributed by atoms with Crippen LogP contribution in [0.5, 0.6) is 5.75 Å². The second-order valence-corrected chi connectivity index (χ2v) is 6.53. The summed E-state index contributed by atoms with van der Waals surface area (Å²) < 4.78 is 12.9. The van der Waals surface area contributed by atoms with Crippen molar-refractivity contribution in [1.29, 1.82) is 0 Å². The maximum atomic E-state index is 12.0. The van der Waals surface area contributed by atoms with Crippen LogP contribution in [0.15, 0.2) is 18.2 Å². The number of aryl methyl sites for hydroxylation is 1. The highest BCUT2D eigenvalue weighted by Crippen LogP contribution is 2.20. The Morgan fingerprint density at radius 2 is 2.08 bits per heavy atom. The van der Waals surface area contributed by atoms with E-state index in [0.717, 1.165) is 48.5 Å². The summed E-state index contributed by atoms with van der Waals surface area (Å²) in [6.45, 7) is 2.53. The van der Waals surface area contributed by atoms with Gasteiger partial charge in [0.2, 0.25) is 5.91 Å². The van der Waals surface area contributed by atoms with Gasteiger partial charge in [-0.05, 0) is 32.0 Å². The fourth-order valence-electron chi connectivity index (χ4n) is 3.09. The number of amides is 1. The van der Waals surface area contributed by atoms with Crippen LogP contribution in [-0.4, -0.2) is 60.3 Å². The Morgan fingerprint density at radius 1 is 1.32 bits per heavy atom. The van der Waals surface area contributed by atoms with Gasteiger partial charge in [0.15, 0.2) is 0 Å². The molecule has 1 aromatic carbocycles. The molecule has 1 saturated heterocycles. The molecular weight excluding hydrogens is 320 g/mol. The Bertz CT molecular complexity index is 735. The van der Waals surface area contributed by atoms with Crippen LogP contribution in [0.25, 0.3) is 11.0 Å². The molecule has 0 aliphatic carbocycles. The fraction of sp³-hybridized carbons (Fsp3) is 0.556. The average molecular weight is 346 g/mol. The quantitative estimate of drug-likeness (QED) is 0.854. The lowest BCUT2D eigenvalue weighted by molar-refractivity contribution is -0.128. The Labute approximate surface area is 147 Å². The molecule has 1 N–H and O–H groups in total. The molecule has 1 fully saturated rings. The Hall–Kier alpha value is -2.12. The number of piperidine rings is 1. The van der Waals surface area contributed by atoms with Crippen LogP contribution in [0, 0.1) is 0 Å². The number of hydrogen-bond donors (Lipinski definition) is 1. The number of fused-ring (bicyclic) bond motifs is 1. The van der Waals surface area contributed by atoms with Crippen LogP contribution in [0.2, 0.25) is 0 Å². The van der Waals surface area contributed by atoms with Crippen molar-refractivity contribution in [3.63, 3.8) is 0 Å².